The van der Waals surface area contributed by atoms with Crippen molar-refractivity contribution in [2.45, 2.75) is 31.8 Å². The van der Waals surface area contributed by atoms with E-state index in [9.17, 15) is 4.79 Å². The molecule has 18 heavy (non-hydrogen) atoms. The Bertz CT molecular complexity index is 435. The lowest BCUT2D eigenvalue weighted by molar-refractivity contribution is 0.0958. The van der Waals surface area contributed by atoms with Crippen LogP contribution in [0.5, 0.6) is 0 Å². The first-order valence-electron chi connectivity index (χ1n) is 6.32. The van der Waals surface area contributed by atoms with Crippen molar-refractivity contribution in [2.24, 2.45) is 5.73 Å². The minimum absolute atomic E-state index is 0.154. The van der Waals surface area contributed by atoms with Gasteiger partial charge in [0.2, 0.25) is 0 Å². The number of piperidine rings is 1. The third kappa shape index (κ3) is 2.61. The third-order valence-corrected chi connectivity index (χ3v) is 3.45. The number of aromatic nitrogens is 1. The Hall–Kier alpha value is -1.62. The molecule has 1 saturated heterocycles. The minimum atomic E-state index is -0.154. The smallest absolute Gasteiger partial charge is 0.269 e. The van der Waals surface area contributed by atoms with Gasteiger partial charge in [-0.3, -0.25) is 9.78 Å². The first-order valence-corrected chi connectivity index (χ1v) is 6.32. The normalized spacial score (nSPS) is 23.8. The molecule has 2 heterocycles. The maximum Gasteiger partial charge on any atom is 0.269 e. The molecule has 3 N–H and O–H groups in total. The van der Waals surface area contributed by atoms with E-state index in [0.29, 0.717) is 11.7 Å². The molecule has 2 atom stereocenters. The molecule has 0 saturated carbocycles. The molecule has 0 bridgehead atoms. The molecule has 5 nitrogen and oxygen atoms in total. The fraction of sp³-hybridized carbons (Fsp3) is 0.538. The molecule has 1 aliphatic rings. The largest absolute Gasteiger partial charge is 0.369 e. The first kappa shape index (κ1) is 12.8. The summed E-state index contributed by atoms with van der Waals surface area (Å²) >= 11 is 0. The van der Waals surface area contributed by atoms with Crippen LogP contribution in [0.2, 0.25) is 0 Å². The number of nitrogens with zero attached hydrogens (tertiary/aromatic N) is 2. The van der Waals surface area contributed by atoms with E-state index in [4.69, 9.17) is 5.73 Å². The molecule has 0 aliphatic carbocycles. The molecule has 1 amide bonds. The van der Waals surface area contributed by atoms with Gasteiger partial charge in [0.15, 0.2) is 0 Å². The maximum atomic E-state index is 11.6. The van der Waals surface area contributed by atoms with Gasteiger partial charge in [-0.2, -0.15) is 0 Å². The van der Waals surface area contributed by atoms with Crippen molar-refractivity contribution in [1.29, 1.82) is 0 Å². The molecule has 1 aromatic rings. The molecule has 1 aliphatic heterocycles. The zero-order valence-electron chi connectivity index (χ0n) is 10.9. The van der Waals surface area contributed by atoms with Crippen molar-refractivity contribution < 1.29 is 4.79 Å². The highest BCUT2D eigenvalue weighted by Gasteiger charge is 2.23. The van der Waals surface area contributed by atoms with Crippen LogP contribution in [0.1, 0.15) is 30.3 Å². The zero-order chi connectivity index (χ0) is 13.1. The van der Waals surface area contributed by atoms with Crippen LogP contribution in [-0.2, 0) is 0 Å². The predicted molar refractivity (Wildman–Crippen MR) is 71.6 cm³/mol. The molecule has 98 valence electrons. The van der Waals surface area contributed by atoms with E-state index in [2.05, 4.69) is 22.1 Å². The summed E-state index contributed by atoms with van der Waals surface area (Å²) in [6.07, 6.45) is 3.65. The molecular formula is C13H20N4O. The number of nitrogens with two attached hydrogens (primary N) is 1. The molecule has 2 rings (SSSR count). The van der Waals surface area contributed by atoms with Crippen molar-refractivity contribution in [3.8, 4) is 0 Å². The lowest BCUT2D eigenvalue weighted by Gasteiger charge is -2.38. The monoisotopic (exact) mass is 248 g/mol. The van der Waals surface area contributed by atoms with E-state index in [1.807, 2.05) is 12.1 Å². The van der Waals surface area contributed by atoms with Crippen LogP contribution in [0.3, 0.4) is 0 Å². The number of pyridine rings is 1. The minimum Gasteiger partial charge on any atom is -0.369 e. The molecule has 0 spiro atoms. The highest BCUT2D eigenvalue weighted by molar-refractivity contribution is 5.92. The second kappa shape index (κ2) is 5.35. The summed E-state index contributed by atoms with van der Waals surface area (Å²) in [5.41, 5.74) is 7.46. The van der Waals surface area contributed by atoms with Gasteiger partial charge < -0.3 is 16.0 Å². The summed E-state index contributed by atoms with van der Waals surface area (Å²) in [5, 5.41) is 2.59. The number of nitrogens with one attached hydrogen (secondary N) is 1. The highest BCUT2D eigenvalue weighted by Crippen LogP contribution is 2.24. The van der Waals surface area contributed by atoms with Crippen LogP contribution >= 0.6 is 0 Å². The first-order chi connectivity index (χ1) is 8.61. The summed E-state index contributed by atoms with van der Waals surface area (Å²) in [6.45, 7) is 3.10. The lowest BCUT2D eigenvalue weighted by atomic mass is 9.98. The van der Waals surface area contributed by atoms with Gasteiger partial charge in [-0.25, -0.2) is 0 Å². The van der Waals surface area contributed by atoms with Crippen molar-refractivity contribution >= 4 is 11.6 Å². The van der Waals surface area contributed by atoms with Gasteiger partial charge in [0.25, 0.3) is 5.91 Å². The Labute approximate surface area is 107 Å². The summed E-state index contributed by atoms with van der Waals surface area (Å²) in [7, 11) is 1.61. The van der Waals surface area contributed by atoms with Gasteiger partial charge in [-0.1, -0.05) is 0 Å². The van der Waals surface area contributed by atoms with Gasteiger partial charge in [0, 0.05) is 37.6 Å². The Morgan fingerprint density at radius 2 is 2.39 bits per heavy atom. The zero-order valence-corrected chi connectivity index (χ0v) is 10.9. The Morgan fingerprint density at radius 3 is 3.06 bits per heavy atom. The van der Waals surface area contributed by atoms with Crippen molar-refractivity contribution in [1.82, 2.24) is 10.3 Å². The van der Waals surface area contributed by atoms with Gasteiger partial charge in [0.1, 0.15) is 5.69 Å². The summed E-state index contributed by atoms with van der Waals surface area (Å²) in [5.74, 6) is -0.154. The van der Waals surface area contributed by atoms with E-state index in [1.54, 1.807) is 13.2 Å². The van der Waals surface area contributed by atoms with E-state index in [1.165, 1.54) is 0 Å². The van der Waals surface area contributed by atoms with Gasteiger partial charge in [-0.15, -0.1) is 0 Å². The van der Waals surface area contributed by atoms with E-state index in [0.717, 1.165) is 25.1 Å². The number of rotatable bonds is 2. The topological polar surface area (TPSA) is 71.2 Å². The lowest BCUT2D eigenvalue weighted by Crippen LogP contribution is -2.45. The predicted octanol–water partition coefficient (Wildman–Crippen LogP) is 0.757. The number of hydrogen-bond acceptors (Lipinski definition) is 4. The SMILES string of the molecule is CNC(=O)c1cc(N2CCC(N)CC2C)ccn1. The average Bonchev–Trinajstić information content (AvgIpc) is 2.38. The van der Waals surface area contributed by atoms with Gasteiger partial charge >= 0.3 is 0 Å². The second-order valence-corrected chi connectivity index (χ2v) is 4.81. The van der Waals surface area contributed by atoms with E-state index >= 15 is 0 Å². The number of carbonyl (C=O) groups is 1. The van der Waals surface area contributed by atoms with Crippen LogP contribution in [0.4, 0.5) is 5.69 Å². The van der Waals surface area contributed by atoms with Crippen molar-refractivity contribution in [3.63, 3.8) is 0 Å². The van der Waals surface area contributed by atoms with Crippen molar-refractivity contribution in [2.75, 3.05) is 18.5 Å². The van der Waals surface area contributed by atoms with Crippen molar-refractivity contribution in [3.05, 3.63) is 24.0 Å². The summed E-state index contributed by atoms with van der Waals surface area (Å²) in [4.78, 5) is 17.9. The maximum absolute atomic E-state index is 11.6. The van der Waals surface area contributed by atoms with Crippen LogP contribution in [0, 0.1) is 0 Å². The third-order valence-electron chi connectivity index (χ3n) is 3.45. The van der Waals surface area contributed by atoms with Crippen LogP contribution in [-0.4, -0.2) is 36.6 Å². The number of anilines is 1. The van der Waals surface area contributed by atoms with Crippen LogP contribution < -0.4 is 16.0 Å². The fourth-order valence-electron chi connectivity index (χ4n) is 2.44. The highest BCUT2D eigenvalue weighted by atomic mass is 16.1. The number of carbonyl (C=O) groups excluding carboxylic acids is 1. The molecule has 1 fully saturated rings. The second-order valence-electron chi connectivity index (χ2n) is 4.81. The molecule has 0 aromatic carbocycles. The van der Waals surface area contributed by atoms with Crippen LogP contribution in [0.25, 0.3) is 0 Å². The molecular weight excluding hydrogens is 228 g/mol. The number of hydrogen-bond donors (Lipinski definition) is 2. The van der Waals surface area contributed by atoms with E-state index in [-0.39, 0.29) is 11.9 Å². The quantitative estimate of drug-likeness (QED) is 0.810. The Kier molecular flexibility index (Phi) is 3.81. The standard InChI is InChI=1S/C13H20N4O/c1-9-7-10(14)4-6-17(9)11-3-5-16-12(8-11)13(18)15-2/h3,5,8-10H,4,6-7,14H2,1-2H3,(H,15,18). The number of amides is 1. The van der Waals surface area contributed by atoms with E-state index < -0.39 is 0 Å². The Balaban J connectivity index is 2.20. The molecule has 2 unspecified atom stereocenters. The van der Waals surface area contributed by atoms with Gasteiger partial charge in [-0.05, 0) is 31.9 Å². The summed E-state index contributed by atoms with van der Waals surface area (Å²) < 4.78 is 0. The average molecular weight is 248 g/mol. The fourth-order valence-corrected chi connectivity index (χ4v) is 2.44. The van der Waals surface area contributed by atoms with Crippen LogP contribution in [0.15, 0.2) is 18.3 Å². The van der Waals surface area contributed by atoms with Gasteiger partial charge in [0.05, 0.1) is 0 Å². The summed E-state index contributed by atoms with van der Waals surface area (Å²) in [6, 6.07) is 4.47. The molecule has 1 aromatic heterocycles. The molecule has 0 radical (unpaired) electrons. The molecule has 5 heteroatoms. The Morgan fingerprint density at radius 1 is 1.61 bits per heavy atom.